The molecule has 2 fully saturated rings. The molecule has 1 aromatic carbocycles. The third kappa shape index (κ3) is 4.98. The molecule has 8 nitrogen and oxygen atoms in total. The lowest BCUT2D eigenvalue weighted by molar-refractivity contribution is -0.149. The minimum Gasteiger partial charge on any atom is -0.490 e. The van der Waals surface area contributed by atoms with Gasteiger partial charge in [0.05, 0.1) is 10.8 Å². The van der Waals surface area contributed by atoms with E-state index in [1.165, 1.54) is 24.3 Å². The van der Waals surface area contributed by atoms with Crippen molar-refractivity contribution in [2.24, 2.45) is 11.1 Å². The molecule has 148 valence electrons. The number of nitrogens with two attached hydrogens (primary N) is 1. The minimum absolute atomic E-state index is 0.000930. The fraction of sp³-hybridized carbons (Fsp3) is 0.556. The maximum absolute atomic E-state index is 12.2. The van der Waals surface area contributed by atoms with Gasteiger partial charge in [0.1, 0.15) is 19.0 Å². The van der Waals surface area contributed by atoms with Gasteiger partial charge < -0.3 is 14.4 Å². The molecule has 0 radical (unpaired) electrons. The quantitative estimate of drug-likeness (QED) is 0.544. The van der Waals surface area contributed by atoms with Gasteiger partial charge in [-0.2, -0.15) is 0 Å². The molecule has 0 bridgehead atoms. The van der Waals surface area contributed by atoms with Gasteiger partial charge in [-0.05, 0) is 37.1 Å². The second-order valence-corrected chi connectivity index (χ2v) is 8.48. The number of esters is 1. The highest BCUT2D eigenvalue weighted by Crippen LogP contribution is 2.29. The molecule has 9 heteroatoms. The summed E-state index contributed by atoms with van der Waals surface area (Å²) in [7, 11) is -3.74. The van der Waals surface area contributed by atoms with Gasteiger partial charge in [-0.1, -0.05) is 12.8 Å². The summed E-state index contributed by atoms with van der Waals surface area (Å²) in [4.78, 5) is 26.1. The van der Waals surface area contributed by atoms with Gasteiger partial charge in [-0.25, -0.2) is 13.6 Å². The second kappa shape index (κ2) is 8.26. The number of rotatable bonds is 7. The molecule has 0 aromatic heterocycles. The van der Waals surface area contributed by atoms with E-state index in [0.29, 0.717) is 12.3 Å². The molecule has 27 heavy (non-hydrogen) atoms. The Kier molecular flexibility index (Phi) is 6.01. The van der Waals surface area contributed by atoms with Crippen LogP contribution in [0.1, 0.15) is 32.1 Å². The van der Waals surface area contributed by atoms with E-state index < -0.39 is 15.9 Å². The average molecular weight is 396 g/mol. The lowest BCUT2D eigenvalue weighted by atomic mass is 10.1. The Bertz CT molecular complexity index is 787. The number of nitrogens with zero attached hydrogens (tertiary/aromatic N) is 1. The maximum Gasteiger partial charge on any atom is 0.311 e. The zero-order valence-electron chi connectivity index (χ0n) is 15.0. The Balaban J connectivity index is 1.40. The number of carbonyl (C=O) groups is 2. The van der Waals surface area contributed by atoms with Crippen LogP contribution in [0.2, 0.25) is 0 Å². The topological polar surface area (TPSA) is 116 Å². The summed E-state index contributed by atoms with van der Waals surface area (Å²) < 4.78 is 33.0. The smallest absolute Gasteiger partial charge is 0.311 e. The van der Waals surface area contributed by atoms with Gasteiger partial charge in [0.2, 0.25) is 15.9 Å². The molecule has 0 spiro atoms. The molecule has 1 amide bonds. The van der Waals surface area contributed by atoms with Gasteiger partial charge in [-0.3, -0.25) is 9.59 Å². The van der Waals surface area contributed by atoms with Gasteiger partial charge >= 0.3 is 5.97 Å². The highest BCUT2D eigenvalue weighted by molar-refractivity contribution is 7.89. The first-order chi connectivity index (χ1) is 12.8. The summed E-state index contributed by atoms with van der Waals surface area (Å²) in [6.07, 6.45) is 4.53. The van der Waals surface area contributed by atoms with Crippen LogP contribution in [0.25, 0.3) is 0 Å². The minimum atomic E-state index is -3.74. The summed E-state index contributed by atoms with van der Waals surface area (Å²) in [6, 6.07) is 5.93. The van der Waals surface area contributed by atoms with E-state index in [-0.39, 0.29) is 42.4 Å². The molecule has 1 aromatic rings. The number of hydrogen-bond donors (Lipinski definition) is 1. The number of amides is 1. The van der Waals surface area contributed by atoms with Gasteiger partial charge in [0.25, 0.3) is 0 Å². The maximum atomic E-state index is 12.2. The first-order valence-electron chi connectivity index (χ1n) is 9.06. The molecule has 1 atom stereocenters. The Labute approximate surface area is 158 Å². The van der Waals surface area contributed by atoms with Crippen molar-refractivity contribution < 1.29 is 27.5 Å². The number of carbonyl (C=O) groups excluding carboxylic acids is 2. The zero-order chi connectivity index (χ0) is 19.4. The largest absolute Gasteiger partial charge is 0.490 e. The molecule has 1 aliphatic heterocycles. The number of ether oxygens (including phenoxy) is 2. The predicted molar refractivity (Wildman–Crippen MR) is 96.3 cm³/mol. The van der Waals surface area contributed by atoms with E-state index in [0.717, 1.165) is 25.7 Å². The Morgan fingerprint density at radius 2 is 1.81 bits per heavy atom. The van der Waals surface area contributed by atoms with E-state index >= 15 is 0 Å². The van der Waals surface area contributed by atoms with Crippen molar-refractivity contribution in [2.45, 2.75) is 43.0 Å². The summed E-state index contributed by atoms with van der Waals surface area (Å²) in [6.45, 7) is 0.634. The van der Waals surface area contributed by atoms with E-state index in [4.69, 9.17) is 14.6 Å². The van der Waals surface area contributed by atoms with Crippen LogP contribution < -0.4 is 9.88 Å². The van der Waals surface area contributed by atoms with E-state index in [1.54, 1.807) is 0 Å². The van der Waals surface area contributed by atoms with Crippen LogP contribution in [-0.4, -0.2) is 51.0 Å². The molecule has 2 N–H and O–H groups in total. The standard InChI is InChI=1S/C18H24N2O6S/c19-27(23,24)16-7-5-15(6-8-16)25-9-10-26-18(22)13-11-17(21)20(12-13)14-3-1-2-4-14/h5-8,13-14H,1-4,9-12H2,(H2,19,23,24)/t13-/m0/s1. The number of benzene rings is 1. The van der Waals surface area contributed by atoms with E-state index in [9.17, 15) is 18.0 Å². The molecular formula is C18H24N2O6S. The molecule has 1 heterocycles. The molecule has 3 rings (SSSR count). The van der Waals surface area contributed by atoms with Gasteiger partial charge in [0.15, 0.2) is 0 Å². The van der Waals surface area contributed by atoms with Crippen molar-refractivity contribution in [1.29, 1.82) is 0 Å². The van der Waals surface area contributed by atoms with Crippen molar-refractivity contribution >= 4 is 21.9 Å². The summed E-state index contributed by atoms with van der Waals surface area (Å²) in [5, 5.41) is 5.03. The van der Waals surface area contributed by atoms with Crippen LogP contribution >= 0.6 is 0 Å². The highest BCUT2D eigenvalue weighted by Gasteiger charge is 2.39. The van der Waals surface area contributed by atoms with Crippen LogP contribution in [0.4, 0.5) is 0 Å². The fourth-order valence-electron chi connectivity index (χ4n) is 3.60. The normalized spacial score (nSPS) is 20.9. The molecule has 1 saturated carbocycles. The summed E-state index contributed by atoms with van der Waals surface area (Å²) in [5.74, 6) is -0.305. The van der Waals surface area contributed by atoms with Crippen LogP contribution in [-0.2, 0) is 24.3 Å². The van der Waals surface area contributed by atoms with Gasteiger partial charge in [-0.15, -0.1) is 0 Å². The first-order valence-corrected chi connectivity index (χ1v) is 10.6. The van der Waals surface area contributed by atoms with Crippen molar-refractivity contribution in [3.8, 4) is 5.75 Å². The monoisotopic (exact) mass is 396 g/mol. The van der Waals surface area contributed by atoms with Crippen LogP contribution in [0.3, 0.4) is 0 Å². The molecule has 2 aliphatic rings. The van der Waals surface area contributed by atoms with Crippen molar-refractivity contribution in [2.75, 3.05) is 19.8 Å². The Morgan fingerprint density at radius 3 is 2.44 bits per heavy atom. The van der Waals surface area contributed by atoms with Gasteiger partial charge in [0, 0.05) is 19.0 Å². The summed E-state index contributed by atoms with van der Waals surface area (Å²) >= 11 is 0. The highest BCUT2D eigenvalue weighted by atomic mass is 32.2. The summed E-state index contributed by atoms with van der Waals surface area (Å²) in [5.41, 5.74) is 0. The lowest BCUT2D eigenvalue weighted by Crippen LogP contribution is -2.35. The molecule has 1 aliphatic carbocycles. The molecular weight excluding hydrogens is 372 g/mol. The third-order valence-electron chi connectivity index (χ3n) is 5.01. The van der Waals surface area contributed by atoms with Crippen molar-refractivity contribution in [3.63, 3.8) is 0 Å². The Morgan fingerprint density at radius 1 is 1.15 bits per heavy atom. The number of sulfonamides is 1. The Hall–Kier alpha value is -2.13. The van der Waals surface area contributed by atoms with E-state index in [1.807, 2.05) is 4.90 Å². The van der Waals surface area contributed by atoms with Crippen molar-refractivity contribution in [1.82, 2.24) is 4.90 Å². The number of primary sulfonamides is 1. The number of hydrogen-bond acceptors (Lipinski definition) is 6. The first kappa shape index (κ1) is 19.6. The predicted octanol–water partition coefficient (Wildman–Crippen LogP) is 1.05. The van der Waals surface area contributed by atoms with Crippen LogP contribution in [0, 0.1) is 5.92 Å². The van der Waals surface area contributed by atoms with Crippen molar-refractivity contribution in [3.05, 3.63) is 24.3 Å². The molecule has 0 unspecified atom stereocenters. The zero-order valence-corrected chi connectivity index (χ0v) is 15.8. The van der Waals surface area contributed by atoms with Crippen LogP contribution in [0.5, 0.6) is 5.75 Å². The third-order valence-corrected chi connectivity index (χ3v) is 5.94. The molecule has 1 saturated heterocycles. The average Bonchev–Trinajstić information content (AvgIpc) is 3.27. The lowest BCUT2D eigenvalue weighted by Gasteiger charge is -2.23. The second-order valence-electron chi connectivity index (χ2n) is 6.92. The van der Waals surface area contributed by atoms with Crippen LogP contribution in [0.15, 0.2) is 29.2 Å². The number of likely N-dealkylation sites (tertiary alicyclic amines) is 1. The fourth-order valence-corrected chi connectivity index (χ4v) is 4.12. The van der Waals surface area contributed by atoms with E-state index in [2.05, 4.69) is 0 Å². The SMILES string of the molecule is NS(=O)(=O)c1ccc(OCCOC(=O)[C@H]2CC(=O)N(C3CCCC3)C2)cc1.